The van der Waals surface area contributed by atoms with Crippen molar-refractivity contribution in [2.75, 3.05) is 13.2 Å². The quantitative estimate of drug-likeness (QED) is 0.397. The van der Waals surface area contributed by atoms with E-state index in [0.717, 1.165) is 12.9 Å². The van der Waals surface area contributed by atoms with Crippen molar-refractivity contribution < 1.29 is 14.3 Å². The van der Waals surface area contributed by atoms with Crippen molar-refractivity contribution in [3.8, 4) is 0 Å². The Kier molecular flexibility index (Phi) is 2.19. The lowest BCUT2D eigenvalue weighted by molar-refractivity contribution is -0.117. The molecule has 0 amide bonds. The van der Waals surface area contributed by atoms with Gasteiger partial charge in [-0.2, -0.15) is 0 Å². The highest BCUT2D eigenvalue weighted by Crippen LogP contribution is 2.08. The molecular formula is C6H10O3. The minimum absolute atomic E-state index is 0.257. The van der Waals surface area contributed by atoms with Gasteiger partial charge in [0.05, 0.1) is 13.2 Å². The molecule has 9 heavy (non-hydrogen) atoms. The van der Waals surface area contributed by atoms with Crippen LogP contribution in [0.2, 0.25) is 0 Å². The Bertz CT molecular complexity index is 98.5. The lowest BCUT2D eigenvalue weighted by atomic mass is 10.4. The number of hydrogen-bond donors (Lipinski definition) is 0. The first kappa shape index (κ1) is 6.71. The fourth-order valence-corrected chi connectivity index (χ4v) is 0.463. The number of carbonyl (C=O) groups excluding carboxylic acids is 1. The molecule has 0 bridgehead atoms. The van der Waals surface area contributed by atoms with Gasteiger partial charge in [-0.15, -0.1) is 0 Å². The maximum Gasteiger partial charge on any atom is 0.148 e. The fourth-order valence-electron chi connectivity index (χ4n) is 0.463. The third-order valence-corrected chi connectivity index (χ3v) is 1.14. The maximum absolute atomic E-state index is 9.97. The van der Waals surface area contributed by atoms with Gasteiger partial charge in [0.2, 0.25) is 0 Å². The van der Waals surface area contributed by atoms with Crippen LogP contribution in [0.1, 0.15) is 6.92 Å². The van der Waals surface area contributed by atoms with Gasteiger partial charge in [-0.05, 0) is 6.92 Å². The van der Waals surface area contributed by atoms with Crippen LogP contribution >= 0.6 is 0 Å². The van der Waals surface area contributed by atoms with Gasteiger partial charge in [0.1, 0.15) is 18.5 Å². The first-order chi connectivity index (χ1) is 4.33. The molecule has 1 rings (SSSR count). The van der Waals surface area contributed by atoms with Crippen molar-refractivity contribution >= 4 is 6.29 Å². The summed E-state index contributed by atoms with van der Waals surface area (Å²) in [4.78, 5) is 9.97. The van der Waals surface area contributed by atoms with Crippen LogP contribution in [0.5, 0.6) is 0 Å². The van der Waals surface area contributed by atoms with Crippen LogP contribution in [0.3, 0.4) is 0 Å². The van der Waals surface area contributed by atoms with Gasteiger partial charge in [0, 0.05) is 0 Å². The lowest BCUT2D eigenvalue weighted by Gasteiger charge is -2.01. The van der Waals surface area contributed by atoms with Crippen LogP contribution in [0.4, 0.5) is 0 Å². The topological polar surface area (TPSA) is 38.8 Å². The van der Waals surface area contributed by atoms with E-state index in [1.54, 1.807) is 6.92 Å². The van der Waals surface area contributed by atoms with Crippen LogP contribution in [0.25, 0.3) is 0 Å². The van der Waals surface area contributed by atoms with E-state index in [2.05, 4.69) is 0 Å². The smallest absolute Gasteiger partial charge is 0.148 e. The minimum Gasteiger partial charge on any atom is -0.371 e. The molecule has 1 aliphatic heterocycles. The Hall–Kier alpha value is -0.410. The third-order valence-electron chi connectivity index (χ3n) is 1.14. The number of ether oxygens (including phenoxy) is 2. The van der Waals surface area contributed by atoms with Crippen molar-refractivity contribution in [2.24, 2.45) is 0 Å². The molecule has 1 saturated heterocycles. The predicted molar refractivity (Wildman–Crippen MR) is 31.2 cm³/mol. The Balaban J connectivity index is 1.95. The number of rotatable bonds is 4. The highest BCUT2D eigenvalue weighted by Gasteiger charge is 2.22. The van der Waals surface area contributed by atoms with E-state index in [9.17, 15) is 4.79 Å². The van der Waals surface area contributed by atoms with Crippen molar-refractivity contribution in [2.45, 2.75) is 19.1 Å². The maximum atomic E-state index is 9.97. The van der Waals surface area contributed by atoms with Gasteiger partial charge in [0.25, 0.3) is 0 Å². The van der Waals surface area contributed by atoms with E-state index >= 15 is 0 Å². The average molecular weight is 130 g/mol. The Morgan fingerprint density at radius 1 is 2.00 bits per heavy atom. The van der Waals surface area contributed by atoms with E-state index < -0.39 is 0 Å². The molecular weight excluding hydrogens is 120 g/mol. The Morgan fingerprint density at radius 2 is 2.67 bits per heavy atom. The molecule has 0 N–H and O–H groups in total. The summed E-state index contributed by atoms with van der Waals surface area (Å²) in [6.45, 7) is 3.06. The molecule has 1 fully saturated rings. The molecule has 0 spiro atoms. The average Bonchev–Trinajstić information content (AvgIpc) is 2.65. The summed E-state index contributed by atoms with van der Waals surface area (Å²) in [5, 5.41) is 0. The zero-order valence-electron chi connectivity index (χ0n) is 5.37. The summed E-state index contributed by atoms with van der Waals surface area (Å²) in [5.74, 6) is 0. The Morgan fingerprint density at radius 3 is 3.11 bits per heavy atom. The zero-order chi connectivity index (χ0) is 6.69. The summed E-state index contributed by atoms with van der Waals surface area (Å²) >= 11 is 0. The van der Waals surface area contributed by atoms with Crippen molar-refractivity contribution in [1.82, 2.24) is 0 Å². The normalized spacial score (nSPS) is 27.4. The first-order valence-electron chi connectivity index (χ1n) is 3.01. The Labute approximate surface area is 53.9 Å². The van der Waals surface area contributed by atoms with E-state index in [4.69, 9.17) is 9.47 Å². The largest absolute Gasteiger partial charge is 0.371 e. The molecule has 0 saturated carbocycles. The molecule has 52 valence electrons. The summed E-state index contributed by atoms with van der Waals surface area (Å²) in [6, 6.07) is 0. The molecule has 1 aliphatic rings. The number of epoxide rings is 1. The predicted octanol–water partition coefficient (Wildman–Crippen LogP) is -0.0108. The summed E-state index contributed by atoms with van der Waals surface area (Å²) in [7, 11) is 0. The molecule has 2 unspecified atom stereocenters. The van der Waals surface area contributed by atoms with Crippen LogP contribution in [0, 0.1) is 0 Å². The van der Waals surface area contributed by atoms with E-state index in [0.29, 0.717) is 6.61 Å². The molecule has 2 atom stereocenters. The van der Waals surface area contributed by atoms with E-state index in [1.807, 2.05) is 0 Å². The third kappa shape index (κ3) is 2.58. The highest BCUT2D eigenvalue weighted by atomic mass is 16.6. The highest BCUT2D eigenvalue weighted by molar-refractivity contribution is 5.55. The number of hydrogen-bond acceptors (Lipinski definition) is 3. The van der Waals surface area contributed by atoms with Crippen molar-refractivity contribution in [3.05, 3.63) is 0 Å². The van der Waals surface area contributed by atoms with Gasteiger partial charge in [-0.1, -0.05) is 0 Å². The molecule has 3 heteroatoms. The van der Waals surface area contributed by atoms with Gasteiger partial charge in [0.15, 0.2) is 0 Å². The SMILES string of the molecule is CC(C=O)OCC1CO1. The second-order valence-electron chi connectivity index (χ2n) is 2.13. The van der Waals surface area contributed by atoms with Crippen molar-refractivity contribution in [3.63, 3.8) is 0 Å². The first-order valence-corrected chi connectivity index (χ1v) is 3.01. The number of carbonyl (C=O) groups is 1. The fraction of sp³-hybridized carbons (Fsp3) is 0.833. The molecule has 0 aromatic rings. The van der Waals surface area contributed by atoms with Gasteiger partial charge in [-0.25, -0.2) is 0 Å². The van der Waals surface area contributed by atoms with E-state index in [-0.39, 0.29) is 12.2 Å². The van der Waals surface area contributed by atoms with Gasteiger partial charge < -0.3 is 14.3 Å². The zero-order valence-corrected chi connectivity index (χ0v) is 5.37. The molecule has 0 radical (unpaired) electrons. The minimum atomic E-state index is -0.283. The molecule has 0 aliphatic carbocycles. The van der Waals surface area contributed by atoms with Gasteiger partial charge in [-0.3, -0.25) is 0 Å². The van der Waals surface area contributed by atoms with E-state index in [1.165, 1.54) is 0 Å². The molecule has 3 nitrogen and oxygen atoms in total. The molecule has 1 heterocycles. The van der Waals surface area contributed by atoms with Crippen molar-refractivity contribution in [1.29, 1.82) is 0 Å². The molecule has 0 aromatic heterocycles. The van der Waals surface area contributed by atoms with Crippen LogP contribution in [-0.2, 0) is 14.3 Å². The van der Waals surface area contributed by atoms with Crippen LogP contribution in [-0.4, -0.2) is 31.7 Å². The van der Waals surface area contributed by atoms with Crippen LogP contribution in [0.15, 0.2) is 0 Å². The second kappa shape index (κ2) is 2.94. The second-order valence-corrected chi connectivity index (χ2v) is 2.13. The monoisotopic (exact) mass is 130 g/mol. The summed E-state index contributed by atoms with van der Waals surface area (Å²) in [5.41, 5.74) is 0. The summed E-state index contributed by atoms with van der Waals surface area (Å²) in [6.07, 6.45) is 0.754. The van der Waals surface area contributed by atoms with Crippen LogP contribution < -0.4 is 0 Å². The lowest BCUT2D eigenvalue weighted by Crippen LogP contribution is -2.13. The molecule has 0 aromatic carbocycles. The standard InChI is InChI=1S/C6H10O3/c1-5(2-7)8-3-6-4-9-6/h2,5-6H,3-4H2,1H3. The summed E-state index contributed by atoms with van der Waals surface area (Å²) < 4.78 is 9.88. The number of aldehydes is 1. The van der Waals surface area contributed by atoms with Gasteiger partial charge >= 0.3 is 0 Å².